The number of anilines is 2. The Hall–Kier alpha value is -3.85. The number of carbonyl (C=O) groups excluding carboxylic acids is 2. The highest BCUT2D eigenvalue weighted by atomic mass is 32.2. The molecule has 0 aliphatic carbocycles. The van der Waals surface area contributed by atoms with E-state index in [0.717, 1.165) is 4.31 Å². The Kier molecular flexibility index (Phi) is 7.68. The van der Waals surface area contributed by atoms with Gasteiger partial charge in [-0.1, -0.05) is 30.3 Å². The number of nitrogens with one attached hydrogen (secondary N) is 1. The van der Waals surface area contributed by atoms with Crippen LogP contribution in [0.25, 0.3) is 0 Å². The second-order valence-corrected chi connectivity index (χ2v) is 8.70. The largest absolute Gasteiger partial charge is 0.494 e. The van der Waals surface area contributed by atoms with E-state index in [-0.39, 0.29) is 16.1 Å². The quantitative estimate of drug-likeness (QED) is 0.481. The van der Waals surface area contributed by atoms with Crippen LogP contribution in [0.3, 0.4) is 0 Å². The molecule has 8 nitrogen and oxygen atoms in total. The lowest BCUT2D eigenvalue weighted by atomic mass is 10.2. The molecule has 0 radical (unpaired) electrons. The minimum Gasteiger partial charge on any atom is -0.494 e. The number of esters is 1. The molecule has 1 amide bonds. The Bertz CT molecular complexity index is 1210. The first-order valence-electron chi connectivity index (χ1n) is 10.1. The van der Waals surface area contributed by atoms with Crippen LogP contribution in [0.15, 0.2) is 83.8 Å². The summed E-state index contributed by atoms with van der Waals surface area (Å²) in [4.78, 5) is 25.0. The molecule has 0 saturated heterocycles. The van der Waals surface area contributed by atoms with Crippen molar-refractivity contribution in [1.82, 2.24) is 0 Å². The highest BCUT2D eigenvalue weighted by molar-refractivity contribution is 7.92. The van der Waals surface area contributed by atoms with E-state index in [9.17, 15) is 18.0 Å². The fraction of sp³-hybridized carbons (Fsp3) is 0.167. The van der Waals surface area contributed by atoms with Crippen LogP contribution in [-0.4, -0.2) is 40.6 Å². The van der Waals surface area contributed by atoms with Crippen LogP contribution in [-0.2, 0) is 19.6 Å². The molecule has 0 atom stereocenters. The normalized spacial score (nSPS) is 10.8. The van der Waals surface area contributed by atoms with E-state index in [1.54, 1.807) is 54.6 Å². The lowest BCUT2D eigenvalue weighted by molar-refractivity contribution is -0.114. The molecule has 0 unspecified atom stereocenters. The third kappa shape index (κ3) is 5.69. The first-order valence-corrected chi connectivity index (χ1v) is 11.6. The Morgan fingerprint density at radius 1 is 0.909 bits per heavy atom. The van der Waals surface area contributed by atoms with Gasteiger partial charge in [-0.25, -0.2) is 13.2 Å². The van der Waals surface area contributed by atoms with Crippen molar-refractivity contribution in [3.63, 3.8) is 0 Å². The van der Waals surface area contributed by atoms with Gasteiger partial charge in [0.1, 0.15) is 12.3 Å². The number of rotatable bonds is 9. The summed E-state index contributed by atoms with van der Waals surface area (Å²) in [6.45, 7) is 1.80. The van der Waals surface area contributed by atoms with Crippen LogP contribution in [0.4, 0.5) is 11.4 Å². The van der Waals surface area contributed by atoms with Crippen LogP contribution < -0.4 is 14.4 Å². The van der Waals surface area contributed by atoms with Crippen molar-refractivity contribution in [2.75, 3.05) is 29.9 Å². The number of nitrogens with zero attached hydrogens (tertiary/aromatic N) is 1. The zero-order chi connectivity index (χ0) is 23.8. The van der Waals surface area contributed by atoms with E-state index in [2.05, 4.69) is 5.32 Å². The number of para-hydroxylation sites is 1. The van der Waals surface area contributed by atoms with E-state index in [1.165, 1.54) is 31.4 Å². The molecule has 3 rings (SSSR count). The minimum atomic E-state index is -4.06. The van der Waals surface area contributed by atoms with Gasteiger partial charge in [-0.15, -0.1) is 0 Å². The number of methoxy groups -OCH3 is 1. The van der Waals surface area contributed by atoms with Gasteiger partial charge >= 0.3 is 5.97 Å². The molecule has 3 aromatic rings. The number of hydrogen-bond acceptors (Lipinski definition) is 6. The van der Waals surface area contributed by atoms with Gasteiger partial charge in [0.05, 0.1) is 35.6 Å². The average Bonchev–Trinajstić information content (AvgIpc) is 2.83. The maximum absolute atomic E-state index is 13.4. The molecular weight excluding hydrogens is 444 g/mol. The smallest absolute Gasteiger partial charge is 0.339 e. The van der Waals surface area contributed by atoms with Crippen molar-refractivity contribution in [2.45, 2.75) is 11.8 Å². The van der Waals surface area contributed by atoms with Crippen molar-refractivity contribution in [2.24, 2.45) is 0 Å². The monoisotopic (exact) mass is 468 g/mol. The van der Waals surface area contributed by atoms with Crippen LogP contribution in [0.1, 0.15) is 17.3 Å². The Morgan fingerprint density at radius 3 is 2.18 bits per heavy atom. The second-order valence-electron chi connectivity index (χ2n) is 6.84. The molecule has 33 heavy (non-hydrogen) atoms. The van der Waals surface area contributed by atoms with Crippen LogP contribution in [0.2, 0.25) is 0 Å². The number of benzene rings is 3. The van der Waals surface area contributed by atoms with Gasteiger partial charge in [-0.2, -0.15) is 0 Å². The van der Waals surface area contributed by atoms with E-state index in [1.807, 2.05) is 6.92 Å². The zero-order valence-electron chi connectivity index (χ0n) is 18.2. The van der Waals surface area contributed by atoms with E-state index >= 15 is 0 Å². The fourth-order valence-corrected chi connectivity index (χ4v) is 4.55. The molecule has 0 aliphatic rings. The third-order valence-electron chi connectivity index (χ3n) is 4.66. The lowest BCUT2D eigenvalue weighted by Gasteiger charge is -2.24. The maximum Gasteiger partial charge on any atom is 0.339 e. The maximum atomic E-state index is 13.4. The van der Waals surface area contributed by atoms with Crippen molar-refractivity contribution in [1.29, 1.82) is 0 Å². The molecular formula is C24H24N2O6S. The first kappa shape index (κ1) is 23.8. The summed E-state index contributed by atoms with van der Waals surface area (Å²) in [5.74, 6) is -0.666. The molecule has 172 valence electrons. The number of amides is 1. The van der Waals surface area contributed by atoms with Gasteiger partial charge in [0, 0.05) is 0 Å². The predicted octanol–water partition coefficient (Wildman–Crippen LogP) is 3.71. The van der Waals surface area contributed by atoms with Gasteiger partial charge in [0.25, 0.3) is 10.0 Å². The standard InChI is InChI=1S/C24H24N2O6S/c1-3-32-19-15-13-18(14-16-19)26(33(29,30)20-9-5-4-6-10-20)17-23(27)25-22-12-8-7-11-21(22)24(28)31-2/h4-16H,3,17H2,1-2H3,(H,25,27). The van der Waals surface area contributed by atoms with Gasteiger partial charge < -0.3 is 14.8 Å². The SMILES string of the molecule is CCOc1ccc(N(CC(=O)Nc2ccccc2C(=O)OC)S(=O)(=O)c2ccccc2)cc1. The van der Waals surface area contributed by atoms with Crippen LogP contribution in [0, 0.1) is 0 Å². The van der Waals surface area contributed by atoms with Crippen LogP contribution in [0.5, 0.6) is 5.75 Å². The summed E-state index contributed by atoms with van der Waals surface area (Å²) in [6, 6.07) is 20.6. The lowest BCUT2D eigenvalue weighted by Crippen LogP contribution is -2.38. The van der Waals surface area contributed by atoms with E-state index in [4.69, 9.17) is 9.47 Å². The molecule has 0 heterocycles. The van der Waals surface area contributed by atoms with Crippen molar-refractivity contribution >= 4 is 33.3 Å². The molecule has 0 spiro atoms. The molecule has 3 aromatic carbocycles. The van der Waals surface area contributed by atoms with Gasteiger partial charge in [0.2, 0.25) is 5.91 Å². The summed E-state index contributed by atoms with van der Waals surface area (Å²) in [7, 11) is -2.82. The zero-order valence-corrected chi connectivity index (χ0v) is 19.0. The van der Waals surface area contributed by atoms with Gasteiger partial charge in [-0.3, -0.25) is 9.10 Å². The topological polar surface area (TPSA) is 102 Å². The first-order chi connectivity index (χ1) is 15.9. The van der Waals surface area contributed by atoms with Crippen molar-refractivity contribution in [3.8, 4) is 5.75 Å². The van der Waals surface area contributed by atoms with Crippen molar-refractivity contribution in [3.05, 3.63) is 84.4 Å². The average molecular weight is 469 g/mol. The second kappa shape index (κ2) is 10.6. The molecule has 0 fully saturated rings. The Morgan fingerprint density at radius 2 is 1.55 bits per heavy atom. The van der Waals surface area contributed by atoms with Crippen molar-refractivity contribution < 1.29 is 27.5 Å². The van der Waals surface area contributed by atoms with E-state index in [0.29, 0.717) is 18.0 Å². The van der Waals surface area contributed by atoms with Gasteiger partial charge in [0.15, 0.2) is 0 Å². The molecule has 1 N–H and O–H groups in total. The minimum absolute atomic E-state index is 0.0432. The van der Waals surface area contributed by atoms with E-state index < -0.39 is 28.4 Å². The Labute approximate surface area is 192 Å². The molecule has 0 aromatic heterocycles. The molecule has 0 saturated carbocycles. The highest BCUT2D eigenvalue weighted by Crippen LogP contribution is 2.26. The number of carbonyl (C=O) groups is 2. The van der Waals surface area contributed by atoms with Crippen LogP contribution >= 0.6 is 0 Å². The third-order valence-corrected chi connectivity index (χ3v) is 6.45. The number of ether oxygens (including phenoxy) is 2. The summed E-state index contributed by atoms with van der Waals surface area (Å²) in [5, 5.41) is 2.61. The summed E-state index contributed by atoms with van der Waals surface area (Å²) in [5.41, 5.74) is 0.670. The number of hydrogen-bond donors (Lipinski definition) is 1. The summed E-state index contributed by atoms with van der Waals surface area (Å²) in [6.07, 6.45) is 0. The number of sulfonamides is 1. The molecule has 9 heteroatoms. The highest BCUT2D eigenvalue weighted by Gasteiger charge is 2.27. The summed E-state index contributed by atoms with van der Waals surface area (Å²) >= 11 is 0. The molecule has 0 aliphatic heterocycles. The Balaban J connectivity index is 1.94. The molecule has 0 bridgehead atoms. The summed E-state index contributed by atoms with van der Waals surface area (Å²) < 4.78 is 38.0. The van der Waals surface area contributed by atoms with Gasteiger partial charge in [-0.05, 0) is 55.5 Å². The fourth-order valence-electron chi connectivity index (χ4n) is 3.11. The predicted molar refractivity (Wildman–Crippen MR) is 125 cm³/mol.